The average Bonchev–Trinajstić information content (AvgIpc) is 2.13. The SMILES string of the molecule is CC(C)(CCN)CCC(=O)NCCS(C)(=O)=O. The zero-order chi connectivity index (χ0) is 13.5. The summed E-state index contributed by atoms with van der Waals surface area (Å²) in [5, 5.41) is 2.60. The zero-order valence-corrected chi connectivity index (χ0v) is 11.8. The number of carbonyl (C=O) groups is 1. The molecule has 0 aromatic heterocycles. The van der Waals surface area contributed by atoms with E-state index in [9.17, 15) is 13.2 Å². The number of amides is 1. The van der Waals surface area contributed by atoms with E-state index in [-0.39, 0.29) is 23.6 Å². The second-order valence-electron chi connectivity index (χ2n) is 5.18. The van der Waals surface area contributed by atoms with E-state index in [4.69, 9.17) is 5.73 Å². The van der Waals surface area contributed by atoms with Crippen molar-refractivity contribution in [3.05, 3.63) is 0 Å². The highest BCUT2D eigenvalue weighted by Crippen LogP contribution is 2.25. The van der Waals surface area contributed by atoms with Crippen LogP contribution in [-0.2, 0) is 14.6 Å². The molecule has 102 valence electrons. The highest BCUT2D eigenvalue weighted by atomic mass is 32.2. The van der Waals surface area contributed by atoms with Gasteiger partial charge in [0.15, 0.2) is 0 Å². The van der Waals surface area contributed by atoms with E-state index in [0.29, 0.717) is 13.0 Å². The van der Waals surface area contributed by atoms with E-state index in [1.165, 1.54) is 0 Å². The van der Waals surface area contributed by atoms with Crippen LogP contribution < -0.4 is 11.1 Å². The van der Waals surface area contributed by atoms with E-state index in [1.54, 1.807) is 0 Å². The minimum Gasteiger partial charge on any atom is -0.355 e. The van der Waals surface area contributed by atoms with Gasteiger partial charge in [-0.1, -0.05) is 13.8 Å². The fourth-order valence-corrected chi connectivity index (χ4v) is 1.90. The molecule has 0 saturated carbocycles. The highest BCUT2D eigenvalue weighted by Gasteiger charge is 2.18. The summed E-state index contributed by atoms with van der Waals surface area (Å²) in [7, 11) is -3.00. The molecule has 3 N–H and O–H groups in total. The molecule has 5 nitrogen and oxygen atoms in total. The number of nitrogens with one attached hydrogen (secondary N) is 1. The number of hydrogen-bond acceptors (Lipinski definition) is 4. The Morgan fingerprint density at radius 3 is 2.35 bits per heavy atom. The number of rotatable bonds is 8. The van der Waals surface area contributed by atoms with Crippen molar-refractivity contribution in [3.63, 3.8) is 0 Å². The van der Waals surface area contributed by atoms with Crippen molar-refractivity contribution in [3.8, 4) is 0 Å². The van der Waals surface area contributed by atoms with Crippen LogP contribution in [0.1, 0.15) is 33.1 Å². The van der Waals surface area contributed by atoms with Crippen molar-refractivity contribution in [2.24, 2.45) is 11.1 Å². The Morgan fingerprint density at radius 1 is 1.29 bits per heavy atom. The van der Waals surface area contributed by atoms with Gasteiger partial charge >= 0.3 is 0 Å². The van der Waals surface area contributed by atoms with Gasteiger partial charge in [0.05, 0.1) is 5.75 Å². The molecule has 0 atom stereocenters. The lowest BCUT2D eigenvalue weighted by Crippen LogP contribution is -2.30. The predicted molar refractivity (Wildman–Crippen MR) is 69.4 cm³/mol. The van der Waals surface area contributed by atoms with Gasteiger partial charge in [0.1, 0.15) is 9.84 Å². The van der Waals surface area contributed by atoms with Crippen LogP contribution in [0.3, 0.4) is 0 Å². The van der Waals surface area contributed by atoms with Crippen molar-refractivity contribution in [2.45, 2.75) is 33.1 Å². The maximum Gasteiger partial charge on any atom is 0.220 e. The summed E-state index contributed by atoms with van der Waals surface area (Å²) in [6, 6.07) is 0. The van der Waals surface area contributed by atoms with Crippen LogP contribution in [0.25, 0.3) is 0 Å². The lowest BCUT2D eigenvalue weighted by Gasteiger charge is -2.23. The summed E-state index contributed by atoms with van der Waals surface area (Å²) in [5.74, 6) is -0.107. The van der Waals surface area contributed by atoms with Gasteiger partial charge in [0, 0.05) is 19.2 Å². The maximum absolute atomic E-state index is 11.4. The molecule has 6 heteroatoms. The normalized spacial score (nSPS) is 12.5. The number of hydrogen-bond donors (Lipinski definition) is 2. The minimum atomic E-state index is -3.00. The fourth-order valence-electron chi connectivity index (χ4n) is 1.43. The number of carbonyl (C=O) groups excluding carboxylic acids is 1. The summed E-state index contributed by atoms with van der Waals surface area (Å²) in [4.78, 5) is 11.4. The molecule has 1 amide bonds. The monoisotopic (exact) mass is 264 g/mol. The molecule has 0 saturated heterocycles. The Balaban J connectivity index is 3.81. The Morgan fingerprint density at radius 2 is 1.88 bits per heavy atom. The maximum atomic E-state index is 11.4. The standard InChI is InChI=1S/C11H24N2O3S/c1-11(2,6-7-12)5-4-10(14)13-8-9-17(3,15)16/h4-9,12H2,1-3H3,(H,13,14). The van der Waals surface area contributed by atoms with Gasteiger partial charge in [0.25, 0.3) is 0 Å². The van der Waals surface area contributed by atoms with Crippen LogP contribution in [0.15, 0.2) is 0 Å². The largest absolute Gasteiger partial charge is 0.355 e. The molecule has 0 fully saturated rings. The summed E-state index contributed by atoms with van der Waals surface area (Å²) >= 11 is 0. The first-order valence-corrected chi connectivity index (χ1v) is 7.87. The molecule has 17 heavy (non-hydrogen) atoms. The van der Waals surface area contributed by atoms with Crippen LogP contribution in [0, 0.1) is 5.41 Å². The summed E-state index contributed by atoms with van der Waals surface area (Å²) < 4.78 is 21.7. The molecule has 0 bridgehead atoms. The lowest BCUT2D eigenvalue weighted by atomic mass is 9.84. The number of sulfone groups is 1. The van der Waals surface area contributed by atoms with E-state index in [2.05, 4.69) is 19.2 Å². The zero-order valence-electron chi connectivity index (χ0n) is 11.0. The first-order valence-electron chi connectivity index (χ1n) is 5.81. The molecule has 0 spiro atoms. The van der Waals surface area contributed by atoms with Gasteiger partial charge in [0.2, 0.25) is 5.91 Å². The third kappa shape index (κ3) is 10.3. The van der Waals surface area contributed by atoms with E-state index in [1.807, 2.05) is 0 Å². The van der Waals surface area contributed by atoms with Crippen molar-refractivity contribution in [2.75, 3.05) is 25.1 Å². The summed E-state index contributed by atoms with van der Waals surface area (Å²) in [5.41, 5.74) is 5.54. The Labute approximate surface area is 104 Å². The summed E-state index contributed by atoms with van der Waals surface area (Å²) in [6.45, 7) is 4.95. The minimum absolute atomic E-state index is 0.00900. The third-order valence-corrected chi connectivity index (χ3v) is 3.59. The molecule has 0 aliphatic rings. The molecular weight excluding hydrogens is 240 g/mol. The van der Waals surface area contributed by atoms with Gasteiger partial charge in [-0.15, -0.1) is 0 Å². The molecule has 0 unspecified atom stereocenters. The summed E-state index contributed by atoms with van der Waals surface area (Å²) in [6.07, 6.45) is 3.21. The van der Waals surface area contributed by atoms with Gasteiger partial charge in [-0.2, -0.15) is 0 Å². The topological polar surface area (TPSA) is 89.3 Å². The van der Waals surface area contributed by atoms with E-state index < -0.39 is 9.84 Å². The quantitative estimate of drug-likeness (QED) is 0.660. The number of nitrogens with two attached hydrogens (primary N) is 1. The Kier molecular flexibility index (Phi) is 6.70. The predicted octanol–water partition coefficient (Wildman–Crippen LogP) is 0.302. The Hall–Kier alpha value is -0.620. The van der Waals surface area contributed by atoms with Crippen LogP contribution in [0.4, 0.5) is 0 Å². The Bertz CT molecular complexity index is 337. The fraction of sp³-hybridized carbons (Fsp3) is 0.909. The van der Waals surface area contributed by atoms with Gasteiger partial charge in [-0.25, -0.2) is 8.42 Å². The van der Waals surface area contributed by atoms with Crippen molar-refractivity contribution < 1.29 is 13.2 Å². The van der Waals surface area contributed by atoms with E-state index >= 15 is 0 Å². The second-order valence-corrected chi connectivity index (χ2v) is 7.44. The van der Waals surface area contributed by atoms with Crippen LogP contribution in [-0.4, -0.2) is 39.4 Å². The average molecular weight is 264 g/mol. The molecule has 0 aliphatic carbocycles. The van der Waals surface area contributed by atoms with Crippen molar-refractivity contribution in [1.82, 2.24) is 5.32 Å². The van der Waals surface area contributed by atoms with Gasteiger partial charge in [-0.3, -0.25) is 4.79 Å². The molecule has 0 rings (SSSR count). The molecule has 0 aliphatic heterocycles. The van der Waals surface area contributed by atoms with Gasteiger partial charge in [-0.05, 0) is 24.8 Å². The van der Waals surface area contributed by atoms with Crippen LogP contribution >= 0.6 is 0 Å². The first-order chi connectivity index (χ1) is 7.66. The van der Waals surface area contributed by atoms with Crippen molar-refractivity contribution in [1.29, 1.82) is 0 Å². The molecule has 0 aromatic carbocycles. The molecule has 0 radical (unpaired) electrons. The molecule has 0 heterocycles. The second kappa shape index (κ2) is 6.96. The smallest absolute Gasteiger partial charge is 0.220 e. The highest BCUT2D eigenvalue weighted by molar-refractivity contribution is 7.90. The third-order valence-electron chi connectivity index (χ3n) is 2.64. The van der Waals surface area contributed by atoms with Crippen LogP contribution in [0.2, 0.25) is 0 Å². The molecular formula is C11H24N2O3S. The van der Waals surface area contributed by atoms with Crippen molar-refractivity contribution >= 4 is 15.7 Å². The molecule has 0 aromatic rings. The van der Waals surface area contributed by atoms with Gasteiger partial charge < -0.3 is 11.1 Å². The van der Waals surface area contributed by atoms with Crippen LogP contribution in [0.5, 0.6) is 0 Å². The first kappa shape index (κ1) is 16.4. The van der Waals surface area contributed by atoms with E-state index in [0.717, 1.165) is 19.1 Å². The lowest BCUT2D eigenvalue weighted by molar-refractivity contribution is -0.121.